The molecule has 2 rings (SSSR count). The van der Waals surface area contributed by atoms with Crippen LogP contribution in [-0.4, -0.2) is 20.7 Å². The van der Waals surface area contributed by atoms with E-state index in [4.69, 9.17) is 0 Å². The highest BCUT2D eigenvalue weighted by atomic mass is 15.3. The Labute approximate surface area is 126 Å². The molecule has 0 saturated carbocycles. The Hall–Kier alpha value is -2.17. The van der Waals surface area contributed by atoms with E-state index in [1.54, 1.807) is 6.20 Å². The Morgan fingerprint density at radius 2 is 1.62 bits per heavy atom. The molecule has 1 heterocycles. The highest BCUT2D eigenvalue weighted by Crippen LogP contribution is 2.25. The van der Waals surface area contributed by atoms with E-state index in [1.165, 1.54) is 16.7 Å². The second-order valence-electron chi connectivity index (χ2n) is 6.44. The molecule has 0 bridgehead atoms. The molecule has 2 N–H and O–H groups in total. The van der Waals surface area contributed by atoms with E-state index in [0.717, 1.165) is 5.69 Å². The zero-order chi connectivity index (χ0) is 15.6. The minimum absolute atomic E-state index is 0.101. The average molecular weight is 285 g/mol. The molecule has 5 heteroatoms. The van der Waals surface area contributed by atoms with Crippen LogP contribution in [0.25, 0.3) is 0 Å². The zero-order valence-electron chi connectivity index (χ0n) is 13.6. The fourth-order valence-electron chi connectivity index (χ4n) is 2.26. The van der Waals surface area contributed by atoms with Gasteiger partial charge >= 0.3 is 0 Å². The molecule has 1 aromatic carbocycles. The molecule has 0 aliphatic rings. The maximum absolute atomic E-state index is 4.46. The smallest absolute Gasteiger partial charge is 0.245 e. The molecule has 112 valence electrons. The van der Waals surface area contributed by atoms with E-state index in [2.05, 4.69) is 79.5 Å². The van der Waals surface area contributed by atoms with Crippen LogP contribution in [0.15, 0.2) is 18.3 Å². The van der Waals surface area contributed by atoms with E-state index >= 15 is 0 Å². The van der Waals surface area contributed by atoms with Crippen molar-refractivity contribution >= 4 is 17.5 Å². The van der Waals surface area contributed by atoms with Crippen LogP contribution in [0.5, 0.6) is 0 Å². The van der Waals surface area contributed by atoms with Crippen LogP contribution in [0.1, 0.15) is 37.5 Å². The maximum atomic E-state index is 4.46. The summed E-state index contributed by atoms with van der Waals surface area (Å²) in [5.41, 5.74) is 4.61. The van der Waals surface area contributed by atoms with Crippen LogP contribution in [0.2, 0.25) is 0 Å². The van der Waals surface area contributed by atoms with Gasteiger partial charge < -0.3 is 10.6 Å². The fourth-order valence-corrected chi connectivity index (χ4v) is 2.26. The van der Waals surface area contributed by atoms with Crippen LogP contribution in [0.4, 0.5) is 17.5 Å². The summed E-state index contributed by atoms with van der Waals surface area (Å²) in [6.07, 6.45) is 1.63. The largest absolute Gasteiger partial charge is 0.348 e. The summed E-state index contributed by atoms with van der Waals surface area (Å²) in [6, 6.07) is 4.30. The molecule has 0 aliphatic heterocycles. The highest BCUT2D eigenvalue weighted by Gasteiger charge is 2.12. The van der Waals surface area contributed by atoms with Gasteiger partial charge in [-0.3, -0.25) is 0 Å². The van der Waals surface area contributed by atoms with Gasteiger partial charge in [0, 0.05) is 11.2 Å². The molecule has 0 unspecified atom stereocenters. The van der Waals surface area contributed by atoms with Gasteiger partial charge in [-0.2, -0.15) is 10.1 Å². The van der Waals surface area contributed by atoms with Crippen molar-refractivity contribution in [1.29, 1.82) is 0 Å². The average Bonchev–Trinajstić information content (AvgIpc) is 2.32. The summed E-state index contributed by atoms with van der Waals surface area (Å²) in [4.78, 5) is 4.46. The first kappa shape index (κ1) is 15.2. The summed E-state index contributed by atoms with van der Waals surface area (Å²) in [6.45, 7) is 12.5. The summed E-state index contributed by atoms with van der Waals surface area (Å²) in [7, 11) is 0. The molecule has 0 fully saturated rings. The lowest BCUT2D eigenvalue weighted by atomic mass is 10.1. The first-order valence-electron chi connectivity index (χ1n) is 7.07. The van der Waals surface area contributed by atoms with Gasteiger partial charge in [-0.05, 0) is 52.7 Å². The zero-order valence-corrected chi connectivity index (χ0v) is 13.6. The molecular weight excluding hydrogens is 262 g/mol. The van der Waals surface area contributed by atoms with Crippen molar-refractivity contribution in [1.82, 2.24) is 15.2 Å². The number of benzene rings is 1. The number of hydrogen-bond donors (Lipinski definition) is 2. The van der Waals surface area contributed by atoms with E-state index in [1.807, 2.05) is 0 Å². The molecule has 0 radical (unpaired) electrons. The first-order valence-corrected chi connectivity index (χ1v) is 7.07. The van der Waals surface area contributed by atoms with Crippen LogP contribution in [0.3, 0.4) is 0 Å². The van der Waals surface area contributed by atoms with Gasteiger partial charge in [0.05, 0.1) is 6.20 Å². The highest BCUT2D eigenvalue weighted by molar-refractivity contribution is 5.65. The molecule has 21 heavy (non-hydrogen) atoms. The number of anilines is 3. The molecule has 1 aromatic heterocycles. The van der Waals surface area contributed by atoms with Gasteiger partial charge in [0.2, 0.25) is 5.95 Å². The number of nitrogens with zero attached hydrogens (tertiary/aromatic N) is 3. The van der Waals surface area contributed by atoms with Gasteiger partial charge in [-0.1, -0.05) is 17.7 Å². The van der Waals surface area contributed by atoms with Crippen LogP contribution >= 0.6 is 0 Å². The minimum atomic E-state index is -0.101. The second kappa shape index (κ2) is 5.68. The molecular formula is C16H23N5. The van der Waals surface area contributed by atoms with Crippen molar-refractivity contribution in [3.05, 3.63) is 35.0 Å². The number of rotatable bonds is 3. The van der Waals surface area contributed by atoms with Crippen LogP contribution in [-0.2, 0) is 0 Å². The van der Waals surface area contributed by atoms with E-state index in [-0.39, 0.29) is 5.54 Å². The third-order valence-electron chi connectivity index (χ3n) is 2.98. The molecule has 0 amide bonds. The van der Waals surface area contributed by atoms with Crippen molar-refractivity contribution in [2.45, 2.75) is 47.1 Å². The predicted octanol–water partition coefficient (Wildman–Crippen LogP) is 3.75. The van der Waals surface area contributed by atoms with Crippen LogP contribution in [0, 0.1) is 20.8 Å². The standard InChI is InChI=1S/C16H23N5/c1-10-7-11(2)14(12(3)8-10)18-13-9-17-21-15(19-13)20-16(4,5)6/h7-9H,1-6H3,(H2,18,19,20,21). The lowest BCUT2D eigenvalue weighted by Crippen LogP contribution is -2.27. The topological polar surface area (TPSA) is 62.7 Å². The third kappa shape index (κ3) is 4.15. The second-order valence-corrected chi connectivity index (χ2v) is 6.44. The molecule has 0 atom stereocenters. The van der Waals surface area contributed by atoms with Gasteiger partial charge in [-0.15, -0.1) is 5.10 Å². The van der Waals surface area contributed by atoms with Gasteiger partial charge in [-0.25, -0.2) is 0 Å². The lowest BCUT2D eigenvalue weighted by Gasteiger charge is -2.20. The van der Waals surface area contributed by atoms with E-state index < -0.39 is 0 Å². The Kier molecular flexibility index (Phi) is 4.11. The van der Waals surface area contributed by atoms with Crippen molar-refractivity contribution in [3.8, 4) is 0 Å². The Morgan fingerprint density at radius 1 is 1.00 bits per heavy atom. The Morgan fingerprint density at radius 3 is 2.19 bits per heavy atom. The van der Waals surface area contributed by atoms with Crippen LogP contribution < -0.4 is 10.6 Å². The van der Waals surface area contributed by atoms with E-state index in [9.17, 15) is 0 Å². The van der Waals surface area contributed by atoms with Gasteiger partial charge in [0.25, 0.3) is 0 Å². The van der Waals surface area contributed by atoms with Crippen molar-refractivity contribution in [2.75, 3.05) is 10.6 Å². The summed E-state index contributed by atoms with van der Waals surface area (Å²) < 4.78 is 0. The van der Waals surface area contributed by atoms with Crippen molar-refractivity contribution in [2.24, 2.45) is 0 Å². The normalized spacial score (nSPS) is 11.3. The number of aryl methyl sites for hydroxylation is 3. The first-order chi connectivity index (χ1) is 9.74. The fraction of sp³-hybridized carbons (Fsp3) is 0.438. The SMILES string of the molecule is Cc1cc(C)c(Nc2cnnc(NC(C)(C)C)n2)c(C)c1. The molecule has 0 spiro atoms. The lowest BCUT2D eigenvalue weighted by molar-refractivity contribution is 0.623. The molecule has 5 nitrogen and oxygen atoms in total. The summed E-state index contributed by atoms with van der Waals surface area (Å²) in [5.74, 6) is 1.21. The maximum Gasteiger partial charge on any atom is 0.245 e. The quantitative estimate of drug-likeness (QED) is 0.899. The van der Waals surface area contributed by atoms with E-state index in [0.29, 0.717) is 11.8 Å². The Balaban J connectivity index is 2.27. The summed E-state index contributed by atoms with van der Waals surface area (Å²) >= 11 is 0. The Bertz CT molecular complexity index is 620. The molecule has 0 aliphatic carbocycles. The summed E-state index contributed by atoms with van der Waals surface area (Å²) in [5, 5.41) is 14.6. The van der Waals surface area contributed by atoms with Crippen molar-refractivity contribution < 1.29 is 0 Å². The van der Waals surface area contributed by atoms with Gasteiger partial charge in [0.15, 0.2) is 5.82 Å². The minimum Gasteiger partial charge on any atom is -0.348 e. The number of hydrogen-bond acceptors (Lipinski definition) is 5. The molecule has 2 aromatic rings. The van der Waals surface area contributed by atoms with Crippen molar-refractivity contribution in [3.63, 3.8) is 0 Å². The van der Waals surface area contributed by atoms with Gasteiger partial charge in [0.1, 0.15) is 0 Å². The molecule has 0 saturated heterocycles. The number of nitrogens with one attached hydrogen (secondary N) is 2. The third-order valence-corrected chi connectivity index (χ3v) is 2.98. The predicted molar refractivity (Wildman–Crippen MR) is 87.1 cm³/mol. The monoisotopic (exact) mass is 285 g/mol. The number of aromatic nitrogens is 3.